The Morgan fingerprint density at radius 3 is 2.38 bits per heavy atom. The average Bonchev–Trinajstić information content (AvgIpc) is 2.44. The molecule has 1 N–H and O–H groups in total. The van der Waals surface area contributed by atoms with E-state index in [9.17, 15) is 14.5 Å². The average molecular weight is 318 g/mol. The Labute approximate surface area is 132 Å². The SMILES string of the molecule is CCC(C/C=C/CCCCCCCOC)(C(=O)O)[S+](C)[O-]. The molecule has 0 rings (SSSR count). The van der Waals surface area contributed by atoms with Gasteiger partial charge in [-0.15, -0.1) is 0 Å². The van der Waals surface area contributed by atoms with E-state index in [1.807, 2.05) is 12.2 Å². The van der Waals surface area contributed by atoms with Gasteiger partial charge in [-0.1, -0.05) is 38.3 Å². The predicted octanol–water partition coefficient (Wildman–Crippen LogP) is 3.53. The minimum Gasteiger partial charge on any atom is -0.616 e. The van der Waals surface area contributed by atoms with Crippen molar-refractivity contribution in [3.05, 3.63) is 12.2 Å². The summed E-state index contributed by atoms with van der Waals surface area (Å²) in [7, 11) is 1.72. The van der Waals surface area contributed by atoms with E-state index < -0.39 is 21.9 Å². The number of unbranched alkanes of at least 4 members (excludes halogenated alkanes) is 5. The molecule has 0 aliphatic heterocycles. The second-order valence-electron chi connectivity index (χ2n) is 5.33. The Bertz CT molecular complexity index is 305. The number of hydrogen-bond donors (Lipinski definition) is 1. The van der Waals surface area contributed by atoms with E-state index >= 15 is 0 Å². The Balaban J connectivity index is 3.90. The lowest BCUT2D eigenvalue weighted by Gasteiger charge is -2.27. The maximum absolute atomic E-state index is 11.7. The maximum atomic E-state index is 11.7. The fraction of sp³-hybridized carbons (Fsp3) is 0.812. The summed E-state index contributed by atoms with van der Waals surface area (Å²) < 4.78 is 15.6. The molecule has 0 aromatic heterocycles. The molecular formula is C16H30O4S. The summed E-state index contributed by atoms with van der Waals surface area (Å²) >= 11 is -1.37. The third kappa shape index (κ3) is 7.88. The number of hydrogen-bond acceptors (Lipinski definition) is 3. The Morgan fingerprint density at radius 2 is 1.86 bits per heavy atom. The topological polar surface area (TPSA) is 69.6 Å². The molecule has 4 nitrogen and oxygen atoms in total. The molecule has 21 heavy (non-hydrogen) atoms. The summed E-state index contributed by atoms with van der Waals surface area (Å²) in [4.78, 5) is 11.3. The van der Waals surface area contributed by atoms with Gasteiger partial charge in [0.2, 0.25) is 4.75 Å². The molecule has 0 aromatic rings. The molecule has 0 radical (unpaired) electrons. The van der Waals surface area contributed by atoms with Crippen LogP contribution < -0.4 is 0 Å². The van der Waals surface area contributed by atoms with Gasteiger partial charge in [0.05, 0.1) is 6.26 Å². The van der Waals surface area contributed by atoms with Crippen LogP contribution in [0.1, 0.15) is 58.3 Å². The van der Waals surface area contributed by atoms with E-state index in [4.69, 9.17) is 4.74 Å². The number of carbonyl (C=O) groups is 1. The molecule has 5 heteroatoms. The van der Waals surface area contributed by atoms with E-state index in [0.29, 0.717) is 12.8 Å². The van der Waals surface area contributed by atoms with Gasteiger partial charge in [-0.3, -0.25) is 0 Å². The molecule has 0 saturated heterocycles. The normalized spacial score (nSPS) is 16.0. The molecule has 2 atom stereocenters. The summed E-state index contributed by atoms with van der Waals surface area (Å²) in [5.74, 6) is -0.964. The highest BCUT2D eigenvalue weighted by molar-refractivity contribution is 7.92. The minimum absolute atomic E-state index is 0.343. The van der Waals surface area contributed by atoms with Gasteiger partial charge in [-0.2, -0.15) is 0 Å². The molecule has 124 valence electrons. The van der Waals surface area contributed by atoms with Crippen molar-refractivity contribution in [3.8, 4) is 0 Å². The predicted molar refractivity (Wildman–Crippen MR) is 88.1 cm³/mol. The number of allylic oxidation sites excluding steroid dienone is 2. The Morgan fingerprint density at radius 1 is 1.24 bits per heavy atom. The van der Waals surface area contributed by atoms with Crippen LogP contribution in [0.2, 0.25) is 0 Å². The smallest absolute Gasteiger partial charge is 0.360 e. The molecule has 2 unspecified atom stereocenters. The van der Waals surface area contributed by atoms with Crippen molar-refractivity contribution in [1.82, 2.24) is 0 Å². The van der Waals surface area contributed by atoms with Gasteiger partial charge in [0.1, 0.15) is 0 Å². The first kappa shape index (κ1) is 20.5. The third-order valence-electron chi connectivity index (χ3n) is 3.84. The molecular weight excluding hydrogens is 288 g/mol. The summed E-state index contributed by atoms with van der Waals surface area (Å²) in [6, 6.07) is 0. The van der Waals surface area contributed by atoms with Gasteiger partial charge in [0.15, 0.2) is 0 Å². The molecule has 0 aromatic carbocycles. The van der Waals surface area contributed by atoms with E-state index in [0.717, 1.165) is 25.9 Å². The number of aliphatic carboxylic acids is 1. The van der Waals surface area contributed by atoms with Crippen molar-refractivity contribution >= 4 is 17.1 Å². The van der Waals surface area contributed by atoms with Crippen LogP contribution in [0, 0.1) is 0 Å². The Hall–Kier alpha value is -0.520. The zero-order valence-corrected chi connectivity index (χ0v) is 14.4. The van der Waals surface area contributed by atoms with Crippen LogP contribution in [-0.4, -0.2) is 40.3 Å². The summed E-state index contributed by atoms with van der Waals surface area (Å²) in [5.41, 5.74) is 0. The van der Waals surface area contributed by atoms with Crippen molar-refractivity contribution < 1.29 is 19.2 Å². The molecule has 0 fully saturated rings. The first-order valence-electron chi connectivity index (χ1n) is 7.72. The number of methoxy groups -OCH3 is 1. The van der Waals surface area contributed by atoms with Gasteiger partial charge in [0.25, 0.3) is 0 Å². The highest BCUT2D eigenvalue weighted by Crippen LogP contribution is 2.26. The zero-order chi connectivity index (χ0) is 16.1. The zero-order valence-electron chi connectivity index (χ0n) is 13.6. The van der Waals surface area contributed by atoms with Crippen LogP contribution in [0.15, 0.2) is 12.2 Å². The quantitative estimate of drug-likeness (QED) is 0.320. The van der Waals surface area contributed by atoms with Crippen molar-refractivity contribution in [2.75, 3.05) is 20.0 Å². The van der Waals surface area contributed by atoms with Crippen LogP contribution in [0.25, 0.3) is 0 Å². The van der Waals surface area contributed by atoms with Gasteiger partial charge in [-0.25, -0.2) is 4.79 Å². The number of ether oxygens (including phenoxy) is 1. The fourth-order valence-electron chi connectivity index (χ4n) is 2.26. The third-order valence-corrected chi connectivity index (χ3v) is 5.58. The molecule has 0 amide bonds. The summed E-state index contributed by atoms with van der Waals surface area (Å²) in [6.45, 7) is 2.62. The molecule has 0 spiro atoms. The monoisotopic (exact) mass is 318 g/mol. The second kappa shape index (κ2) is 12.1. The summed E-state index contributed by atoms with van der Waals surface area (Å²) in [5, 5.41) is 9.30. The maximum Gasteiger partial charge on any atom is 0.360 e. The van der Waals surface area contributed by atoms with Gasteiger partial charge < -0.3 is 14.4 Å². The van der Waals surface area contributed by atoms with E-state index in [1.54, 1.807) is 14.0 Å². The number of carboxylic acid groups (broad SMARTS) is 1. The summed E-state index contributed by atoms with van der Waals surface area (Å²) in [6.07, 6.45) is 12.9. The van der Waals surface area contributed by atoms with Crippen molar-refractivity contribution in [2.24, 2.45) is 0 Å². The van der Waals surface area contributed by atoms with Crippen LogP contribution in [0.4, 0.5) is 0 Å². The standard InChI is InChI=1S/C16H30O4S/c1-4-16(15(17)18,21(3)19)13-11-9-7-5-6-8-10-12-14-20-2/h9,11H,4-8,10,12-14H2,1-3H3,(H,17,18)/b11-9+. The largest absolute Gasteiger partial charge is 0.616 e. The van der Waals surface area contributed by atoms with Crippen molar-refractivity contribution in [1.29, 1.82) is 0 Å². The van der Waals surface area contributed by atoms with Gasteiger partial charge in [0, 0.05) is 26.6 Å². The second-order valence-corrected chi connectivity index (χ2v) is 7.02. The molecule has 0 bridgehead atoms. The van der Waals surface area contributed by atoms with Gasteiger partial charge in [-0.05, 0) is 30.4 Å². The van der Waals surface area contributed by atoms with Crippen molar-refractivity contribution in [2.45, 2.75) is 63.0 Å². The fourth-order valence-corrected chi connectivity index (χ4v) is 3.24. The molecule has 0 aliphatic rings. The number of rotatable bonds is 13. The molecule has 0 aliphatic carbocycles. The van der Waals surface area contributed by atoms with Crippen molar-refractivity contribution in [3.63, 3.8) is 0 Å². The minimum atomic E-state index is -1.37. The van der Waals surface area contributed by atoms with Gasteiger partial charge >= 0.3 is 5.97 Å². The first-order valence-corrected chi connectivity index (χ1v) is 9.28. The van der Waals surface area contributed by atoms with E-state index in [-0.39, 0.29) is 0 Å². The highest BCUT2D eigenvalue weighted by atomic mass is 32.2. The lowest BCUT2D eigenvalue weighted by Crippen LogP contribution is -2.45. The Kier molecular flexibility index (Phi) is 11.8. The lowest BCUT2D eigenvalue weighted by molar-refractivity contribution is -0.140. The first-order chi connectivity index (χ1) is 10.0. The highest BCUT2D eigenvalue weighted by Gasteiger charge is 2.45. The molecule has 0 saturated carbocycles. The van der Waals surface area contributed by atoms with E-state index in [1.165, 1.54) is 25.5 Å². The lowest BCUT2D eigenvalue weighted by atomic mass is 10.0. The van der Waals surface area contributed by atoms with Crippen LogP contribution in [0.5, 0.6) is 0 Å². The molecule has 0 heterocycles. The van der Waals surface area contributed by atoms with E-state index in [2.05, 4.69) is 0 Å². The number of carboxylic acids is 1. The van der Waals surface area contributed by atoms with Crippen LogP contribution >= 0.6 is 0 Å². The van der Waals surface area contributed by atoms with Crippen LogP contribution in [-0.2, 0) is 20.7 Å². The van der Waals surface area contributed by atoms with Crippen LogP contribution in [0.3, 0.4) is 0 Å².